The lowest BCUT2D eigenvalue weighted by molar-refractivity contribution is -0.121. The number of hydrogen-bond acceptors (Lipinski definition) is 2. The number of aliphatic hydroxyl groups is 1. The van der Waals surface area contributed by atoms with Crippen LogP contribution in [0.25, 0.3) is 0 Å². The Labute approximate surface area is 98.5 Å². The van der Waals surface area contributed by atoms with E-state index >= 15 is 0 Å². The lowest BCUT2D eigenvalue weighted by Crippen LogP contribution is -2.38. The highest BCUT2D eigenvalue weighted by atomic mass is 19.1. The van der Waals surface area contributed by atoms with Gasteiger partial charge in [0.1, 0.15) is 11.6 Å². The van der Waals surface area contributed by atoms with Crippen LogP contribution in [0.4, 0.5) is 8.78 Å². The highest BCUT2D eigenvalue weighted by Crippen LogP contribution is 2.12. The number of carbonyl (C=O) groups excluding carboxylic acids is 1. The molecule has 3 nitrogen and oxygen atoms in total. The molecule has 0 heterocycles. The number of rotatable bonds is 5. The molecule has 0 saturated carbocycles. The van der Waals surface area contributed by atoms with Gasteiger partial charge in [0.25, 0.3) is 0 Å². The molecule has 1 unspecified atom stereocenters. The second-order valence-corrected chi connectivity index (χ2v) is 3.73. The number of hydrogen-bond donors (Lipinski definition) is 2. The molecule has 1 amide bonds. The first kappa shape index (κ1) is 13.6. The molecule has 1 aromatic carbocycles. The molecule has 0 aliphatic carbocycles. The topological polar surface area (TPSA) is 49.3 Å². The Morgan fingerprint density at radius 1 is 1.41 bits per heavy atom. The van der Waals surface area contributed by atoms with Gasteiger partial charge in [-0.05, 0) is 18.6 Å². The average Bonchev–Trinajstić information content (AvgIpc) is 2.31. The zero-order chi connectivity index (χ0) is 12.8. The van der Waals surface area contributed by atoms with Crippen molar-refractivity contribution in [2.75, 3.05) is 6.61 Å². The highest BCUT2D eigenvalue weighted by Gasteiger charge is 2.15. The van der Waals surface area contributed by atoms with Gasteiger partial charge in [-0.3, -0.25) is 4.79 Å². The SMILES string of the molecule is CCC(CO)NC(=O)Cc1c(F)cccc1F. The molecule has 0 bridgehead atoms. The fraction of sp³-hybridized carbons (Fsp3) is 0.417. The van der Waals surface area contributed by atoms with Gasteiger partial charge >= 0.3 is 0 Å². The minimum atomic E-state index is -0.739. The molecule has 0 aliphatic rings. The molecule has 0 aromatic heterocycles. The largest absolute Gasteiger partial charge is 0.394 e. The van der Waals surface area contributed by atoms with Crippen LogP contribution >= 0.6 is 0 Å². The van der Waals surface area contributed by atoms with Gasteiger partial charge in [0, 0.05) is 5.56 Å². The van der Waals surface area contributed by atoms with Crippen LogP contribution in [0.2, 0.25) is 0 Å². The van der Waals surface area contributed by atoms with Crippen LogP contribution in [-0.2, 0) is 11.2 Å². The maximum absolute atomic E-state index is 13.2. The average molecular weight is 243 g/mol. The van der Waals surface area contributed by atoms with E-state index in [9.17, 15) is 13.6 Å². The van der Waals surface area contributed by atoms with Gasteiger partial charge in [0.15, 0.2) is 0 Å². The van der Waals surface area contributed by atoms with E-state index in [0.29, 0.717) is 6.42 Å². The summed E-state index contributed by atoms with van der Waals surface area (Å²) in [4.78, 5) is 11.5. The molecule has 5 heteroatoms. The van der Waals surface area contributed by atoms with E-state index in [0.717, 1.165) is 12.1 Å². The zero-order valence-corrected chi connectivity index (χ0v) is 9.54. The minimum Gasteiger partial charge on any atom is -0.394 e. The third kappa shape index (κ3) is 3.78. The van der Waals surface area contributed by atoms with E-state index in [2.05, 4.69) is 5.32 Å². The normalized spacial score (nSPS) is 12.2. The van der Waals surface area contributed by atoms with E-state index in [1.807, 2.05) is 0 Å². The molecular weight excluding hydrogens is 228 g/mol. The predicted octanol–water partition coefficient (Wildman–Crippen LogP) is 1.39. The summed E-state index contributed by atoms with van der Waals surface area (Å²) in [5.41, 5.74) is -0.252. The summed E-state index contributed by atoms with van der Waals surface area (Å²) in [5.74, 6) is -1.98. The molecule has 1 rings (SSSR count). The molecule has 2 N–H and O–H groups in total. The summed E-state index contributed by atoms with van der Waals surface area (Å²) >= 11 is 0. The quantitative estimate of drug-likeness (QED) is 0.821. The summed E-state index contributed by atoms with van der Waals surface area (Å²) in [6.45, 7) is 1.60. The zero-order valence-electron chi connectivity index (χ0n) is 9.54. The second kappa shape index (κ2) is 6.30. The number of nitrogens with one attached hydrogen (secondary N) is 1. The Balaban J connectivity index is 2.68. The van der Waals surface area contributed by atoms with Crippen LogP contribution < -0.4 is 5.32 Å². The molecular formula is C12H15F2NO2. The Morgan fingerprint density at radius 2 is 2.00 bits per heavy atom. The number of benzene rings is 1. The summed E-state index contributed by atoms with van der Waals surface area (Å²) in [6.07, 6.45) is 0.191. The number of amides is 1. The number of carbonyl (C=O) groups is 1. The molecule has 0 saturated heterocycles. The molecule has 94 valence electrons. The van der Waals surface area contributed by atoms with Crippen molar-refractivity contribution in [2.45, 2.75) is 25.8 Å². The van der Waals surface area contributed by atoms with Crippen LogP contribution in [0.15, 0.2) is 18.2 Å². The van der Waals surface area contributed by atoms with Gasteiger partial charge in [-0.2, -0.15) is 0 Å². The van der Waals surface area contributed by atoms with Crippen molar-refractivity contribution in [3.63, 3.8) is 0 Å². The lowest BCUT2D eigenvalue weighted by Gasteiger charge is -2.14. The number of halogens is 2. The van der Waals surface area contributed by atoms with Crippen molar-refractivity contribution in [3.8, 4) is 0 Å². The Bertz CT molecular complexity index is 372. The fourth-order valence-corrected chi connectivity index (χ4v) is 1.42. The van der Waals surface area contributed by atoms with Gasteiger partial charge < -0.3 is 10.4 Å². The minimum absolute atomic E-state index is 0.192. The third-order valence-corrected chi connectivity index (χ3v) is 2.48. The predicted molar refractivity (Wildman–Crippen MR) is 59.4 cm³/mol. The van der Waals surface area contributed by atoms with Crippen molar-refractivity contribution < 1.29 is 18.7 Å². The van der Waals surface area contributed by atoms with Crippen molar-refractivity contribution in [3.05, 3.63) is 35.4 Å². The van der Waals surface area contributed by atoms with E-state index in [1.165, 1.54) is 6.07 Å². The molecule has 1 atom stereocenters. The maximum atomic E-state index is 13.2. The molecule has 0 spiro atoms. The van der Waals surface area contributed by atoms with E-state index < -0.39 is 17.5 Å². The van der Waals surface area contributed by atoms with Gasteiger partial charge in [-0.25, -0.2) is 8.78 Å². The van der Waals surface area contributed by atoms with Crippen LogP contribution in [0, 0.1) is 11.6 Å². The van der Waals surface area contributed by atoms with E-state index in [4.69, 9.17) is 5.11 Å². The summed E-state index contributed by atoms with van der Waals surface area (Å²) in [5, 5.41) is 11.4. The second-order valence-electron chi connectivity index (χ2n) is 3.73. The highest BCUT2D eigenvalue weighted by molar-refractivity contribution is 5.79. The first-order valence-electron chi connectivity index (χ1n) is 5.41. The van der Waals surface area contributed by atoms with Gasteiger partial charge in [-0.1, -0.05) is 13.0 Å². The van der Waals surface area contributed by atoms with Crippen molar-refractivity contribution in [2.24, 2.45) is 0 Å². The first-order valence-corrected chi connectivity index (χ1v) is 5.41. The third-order valence-electron chi connectivity index (χ3n) is 2.48. The fourth-order valence-electron chi connectivity index (χ4n) is 1.42. The van der Waals surface area contributed by atoms with Crippen LogP contribution in [0.1, 0.15) is 18.9 Å². The van der Waals surface area contributed by atoms with Crippen molar-refractivity contribution in [1.82, 2.24) is 5.32 Å². The van der Waals surface area contributed by atoms with Gasteiger partial charge in [0.2, 0.25) is 5.91 Å². The van der Waals surface area contributed by atoms with Crippen molar-refractivity contribution >= 4 is 5.91 Å². The van der Waals surface area contributed by atoms with E-state index in [-0.39, 0.29) is 24.6 Å². The Hall–Kier alpha value is -1.49. The summed E-state index contributed by atoms with van der Waals surface area (Å²) in [7, 11) is 0. The Morgan fingerprint density at radius 3 is 2.47 bits per heavy atom. The Kier molecular flexibility index (Phi) is 5.03. The first-order chi connectivity index (χ1) is 8.08. The molecule has 0 fully saturated rings. The smallest absolute Gasteiger partial charge is 0.224 e. The molecule has 1 aromatic rings. The van der Waals surface area contributed by atoms with Gasteiger partial charge in [0.05, 0.1) is 19.1 Å². The van der Waals surface area contributed by atoms with Crippen LogP contribution in [0.5, 0.6) is 0 Å². The maximum Gasteiger partial charge on any atom is 0.224 e. The molecule has 0 aliphatic heterocycles. The summed E-state index contributed by atoms with van der Waals surface area (Å²) in [6, 6.07) is 3.08. The number of aliphatic hydroxyl groups excluding tert-OH is 1. The monoisotopic (exact) mass is 243 g/mol. The van der Waals surface area contributed by atoms with Gasteiger partial charge in [-0.15, -0.1) is 0 Å². The van der Waals surface area contributed by atoms with Crippen LogP contribution in [0.3, 0.4) is 0 Å². The van der Waals surface area contributed by atoms with Crippen LogP contribution in [-0.4, -0.2) is 23.7 Å². The molecule has 0 radical (unpaired) electrons. The van der Waals surface area contributed by atoms with E-state index in [1.54, 1.807) is 6.92 Å². The lowest BCUT2D eigenvalue weighted by atomic mass is 10.1. The molecule has 17 heavy (non-hydrogen) atoms. The standard InChI is InChI=1S/C12H15F2NO2/c1-2-8(7-16)15-12(17)6-9-10(13)4-3-5-11(9)14/h3-5,8,16H,2,6-7H2,1H3,(H,15,17). The van der Waals surface area contributed by atoms with Crippen molar-refractivity contribution in [1.29, 1.82) is 0 Å². The summed E-state index contributed by atoms with van der Waals surface area (Å²) < 4.78 is 26.5.